The highest BCUT2D eigenvalue weighted by Gasteiger charge is 2.23. The molecule has 1 aromatic rings. The van der Waals surface area contributed by atoms with E-state index < -0.39 is 4.83 Å². The molecule has 2 rings (SSSR count). The number of alkyl halides is 1. The summed E-state index contributed by atoms with van der Waals surface area (Å²) in [6.45, 7) is 0. The minimum absolute atomic E-state index is 0.286. The molecule has 1 amide bonds. The Kier molecular flexibility index (Phi) is 5.15. The number of nitrogens with one attached hydrogen (secondary N) is 1. The molecule has 0 aromatic heterocycles. The minimum Gasteiger partial charge on any atom is -0.271 e. The van der Waals surface area contributed by atoms with Crippen LogP contribution in [0.15, 0.2) is 27.4 Å². The van der Waals surface area contributed by atoms with Gasteiger partial charge in [-0.15, -0.1) is 0 Å². The van der Waals surface area contributed by atoms with Gasteiger partial charge in [0, 0.05) is 5.56 Å². The van der Waals surface area contributed by atoms with Crippen LogP contribution in [-0.2, 0) is 4.79 Å². The molecule has 9 heteroatoms. The predicted molar refractivity (Wildman–Crippen MR) is 85.9 cm³/mol. The van der Waals surface area contributed by atoms with Crippen LogP contribution in [0.2, 0.25) is 15.1 Å². The molecule has 0 radical (unpaired) electrons. The summed E-state index contributed by atoms with van der Waals surface area (Å²) in [6.07, 6.45) is 2.75. The molecule has 0 saturated heterocycles. The number of amides is 1. The second kappa shape index (κ2) is 6.67. The van der Waals surface area contributed by atoms with Crippen molar-refractivity contribution in [2.45, 2.75) is 4.83 Å². The number of halogens is 4. The Balaban J connectivity index is 2.27. The van der Waals surface area contributed by atoms with E-state index in [0.29, 0.717) is 21.3 Å². The third-order valence-corrected chi connectivity index (χ3v) is 4.33. The number of nitrogens with zero attached hydrogens (tertiary/aromatic N) is 3. The smallest absolute Gasteiger partial charge is 0.260 e. The zero-order chi connectivity index (χ0) is 14.7. The maximum Gasteiger partial charge on any atom is 0.260 e. The maximum atomic E-state index is 11.3. The molecule has 20 heavy (non-hydrogen) atoms. The zero-order valence-corrected chi connectivity index (χ0v) is 13.5. The van der Waals surface area contributed by atoms with Crippen LogP contribution in [0, 0.1) is 0 Å². The van der Waals surface area contributed by atoms with Crippen molar-refractivity contribution >= 4 is 74.8 Å². The van der Waals surface area contributed by atoms with E-state index in [9.17, 15) is 4.79 Å². The molecule has 1 aromatic carbocycles. The van der Waals surface area contributed by atoms with E-state index in [1.807, 2.05) is 0 Å². The summed E-state index contributed by atoms with van der Waals surface area (Å²) < 4.78 is 0. The first-order valence-corrected chi connectivity index (χ1v) is 7.27. The molecular weight excluding hydrogens is 390 g/mol. The molecule has 1 heterocycles. The molecule has 1 aliphatic heterocycles. The van der Waals surface area contributed by atoms with Gasteiger partial charge in [-0.05, 0) is 12.1 Å². The first-order valence-electron chi connectivity index (χ1n) is 5.22. The zero-order valence-electron chi connectivity index (χ0n) is 9.65. The number of hydrogen-bond acceptors (Lipinski definition) is 4. The quantitative estimate of drug-likeness (QED) is 0.354. The van der Waals surface area contributed by atoms with E-state index in [4.69, 9.17) is 34.8 Å². The highest BCUT2D eigenvalue weighted by molar-refractivity contribution is 9.10. The summed E-state index contributed by atoms with van der Waals surface area (Å²) >= 11 is 21.1. The lowest BCUT2D eigenvalue weighted by molar-refractivity contribution is -0.119. The molecule has 0 saturated carbocycles. The summed E-state index contributed by atoms with van der Waals surface area (Å²) in [4.78, 5) is 10.7. The monoisotopic (exact) mass is 394 g/mol. The van der Waals surface area contributed by atoms with Crippen molar-refractivity contribution in [1.82, 2.24) is 5.43 Å². The molecule has 0 bridgehead atoms. The third kappa shape index (κ3) is 3.38. The number of hydrazone groups is 1. The summed E-state index contributed by atoms with van der Waals surface area (Å²) in [5, 5.41) is 12.4. The lowest BCUT2D eigenvalue weighted by Gasteiger charge is -2.10. The van der Waals surface area contributed by atoms with E-state index in [0.717, 1.165) is 0 Å². The lowest BCUT2D eigenvalue weighted by atomic mass is 10.2. The summed E-state index contributed by atoms with van der Waals surface area (Å²) in [7, 11) is 0. The first kappa shape index (κ1) is 15.4. The van der Waals surface area contributed by atoms with Crippen molar-refractivity contribution in [3.8, 4) is 0 Å². The van der Waals surface area contributed by atoms with Gasteiger partial charge >= 0.3 is 0 Å². The van der Waals surface area contributed by atoms with Crippen LogP contribution >= 0.6 is 50.7 Å². The Morgan fingerprint density at radius 3 is 2.75 bits per heavy atom. The highest BCUT2D eigenvalue weighted by atomic mass is 79.9. The van der Waals surface area contributed by atoms with Gasteiger partial charge in [-0.1, -0.05) is 50.7 Å². The largest absolute Gasteiger partial charge is 0.271 e. The number of carbonyl (C=O) groups is 1. The van der Waals surface area contributed by atoms with Gasteiger partial charge in [0.15, 0.2) is 0 Å². The molecular formula is C11H6BrCl3N4O. The molecule has 1 aliphatic rings. The third-order valence-electron chi connectivity index (χ3n) is 2.30. The normalized spacial score (nSPS) is 20.7. The fourth-order valence-electron chi connectivity index (χ4n) is 1.31. The Labute approximate surface area is 137 Å². The number of carbonyl (C=O) groups excluding carboxylic acids is 1. The van der Waals surface area contributed by atoms with Gasteiger partial charge < -0.3 is 0 Å². The van der Waals surface area contributed by atoms with Crippen molar-refractivity contribution in [1.29, 1.82) is 0 Å². The second-order valence-corrected chi connectivity index (χ2v) is 5.73. The number of benzene rings is 1. The highest BCUT2D eigenvalue weighted by Crippen LogP contribution is 2.30. The molecule has 1 N–H and O–H groups in total. The van der Waals surface area contributed by atoms with Gasteiger partial charge in [-0.3, -0.25) is 4.79 Å². The van der Waals surface area contributed by atoms with E-state index in [1.54, 1.807) is 12.1 Å². The Bertz CT molecular complexity index is 645. The Hall–Kier alpha value is -0.950. The van der Waals surface area contributed by atoms with Crippen molar-refractivity contribution in [3.05, 3.63) is 32.8 Å². The van der Waals surface area contributed by atoms with E-state index in [1.165, 1.54) is 12.4 Å². The van der Waals surface area contributed by atoms with Gasteiger partial charge in [0.05, 0.1) is 27.5 Å². The van der Waals surface area contributed by atoms with Crippen LogP contribution < -0.4 is 5.43 Å². The van der Waals surface area contributed by atoms with Crippen LogP contribution in [0.5, 0.6) is 0 Å². The Morgan fingerprint density at radius 1 is 1.30 bits per heavy atom. The fraction of sp³-hybridized carbons (Fsp3) is 0.0909. The van der Waals surface area contributed by atoms with Gasteiger partial charge in [0.25, 0.3) is 5.91 Å². The summed E-state index contributed by atoms with van der Waals surface area (Å²) in [5.41, 5.74) is 3.10. The predicted octanol–water partition coefficient (Wildman–Crippen LogP) is 3.30. The average molecular weight is 396 g/mol. The second-order valence-electron chi connectivity index (χ2n) is 3.62. The molecule has 0 fully saturated rings. The molecule has 1 unspecified atom stereocenters. The molecule has 104 valence electrons. The van der Waals surface area contributed by atoms with Gasteiger partial charge in [-0.2, -0.15) is 15.3 Å². The van der Waals surface area contributed by atoms with E-state index in [2.05, 4.69) is 36.7 Å². The van der Waals surface area contributed by atoms with Gasteiger partial charge in [0.1, 0.15) is 10.5 Å². The van der Waals surface area contributed by atoms with Crippen molar-refractivity contribution in [2.75, 3.05) is 0 Å². The van der Waals surface area contributed by atoms with Crippen molar-refractivity contribution < 1.29 is 4.79 Å². The van der Waals surface area contributed by atoms with Crippen LogP contribution in [0.3, 0.4) is 0 Å². The fourth-order valence-corrected chi connectivity index (χ4v) is 2.25. The van der Waals surface area contributed by atoms with Crippen LogP contribution in [0.4, 0.5) is 0 Å². The van der Waals surface area contributed by atoms with E-state index >= 15 is 0 Å². The van der Waals surface area contributed by atoms with Crippen molar-refractivity contribution in [2.24, 2.45) is 15.3 Å². The van der Waals surface area contributed by atoms with Crippen molar-refractivity contribution in [3.63, 3.8) is 0 Å². The van der Waals surface area contributed by atoms with E-state index in [-0.39, 0.29) is 10.9 Å². The average Bonchev–Trinajstić information content (AvgIpc) is 2.43. The van der Waals surface area contributed by atoms with Crippen LogP contribution in [-0.4, -0.2) is 28.9 Å². The molecule has 5 nitrogen and oxygen atoms in total. The molecule has 0 spiro atoms. The van der Waals surface area contributed by atoms with Crippen LogP contribution in [0.1, 0.15) is 5.56 Å². The van der Waals surface area contributed by atoms with Crippen LogP contribution in [0.25, 0.3) is 0 Å². The van der Waals surface area contributed by atoms with Gasteiger partial charge in [0.2, 0.25) is 0 Å². The maximum absolute atomic E-state index is 11.3. The summed E-state index contributed by atoms with van der Waals surface area (Å²) in [6, 6.07) is 3.19. The topological polar surface area (TPSA) is 66.2 Å². The molecule has 0 aliphatic carbocycles. The SMILES string of the molecule is O=C1NN=C/C(=N/N=C\c2c(Cl)ccc(Cl)c2Cl)C1Br. The number of rotatable bonds is 2. The first-order chi connectivity index (χ1) is 9.50. The minimum atomic E-state index is -0.609. The Morgan fingerprint density at radius 2 is 2.00 bits per heavy atom. The standard InChI is InChI=1S/C11H6BrCl3N4O/c12-9-8(4-17-19-11(9)20)18-16-3-5-6(13)1-2-7(14)10(5)15/h1-4,9H,(H,19,20)/b16-3-,18-8-. The summed E-state index contributed by atoms with van der Waals surface area (Å²) in [5.74, 6) is -0.319. The van der Waals surface area contributed by atoms with Gasteiger partial charge in [-0.25, -0.2) is 5.43 Å². The molecule has 1 atom stereocenters. The lowest BCUT2D eigenvalue weighted by Crippen LogP contribution is -2.38. The number of hydrogen-bond donors (Lipinski definition) is 1.